The minimum atomic E-state index is -0.369. The maximum Gasteiger partial charge on any atom is 0.369 e. The van der Waals surface area contributed by atoms with E-state index >= 15 is 0 Å². The molecule has 3 nitrogen and oxygen atoms in total. The first-order valence-corrected chi connectivity index (χ1v) is 7.78. The van der Waals surface area contributed by atoms with E-state index in [0.717, 1.165) is 5.56 Å². The highest BCUT2D eigenvalue weighted by atomic mass is 16.1. The Labute approximate surface area is 146 Å². The summed E-state index contributed by atoms with van der Waals surface area (Å²) in [5.74, 6) is 5.71. The molecule has 0 fully saturated rings. The SMILES string of the molecule is [N-]=[N+]=C(C(=O)c1ccccc1C#Cc1ccccc1)c1ccccc1. The van der Waals surface area contributed by atoms with Crippen LogP contribution in [0.2, 0.25) is 0 Å². The number of rotatable bonds is 3. The molecule has 0 spiro atoms. The van der Waals surface area contributed by atoms with E-state index in [-0.39, 0.29) is 11.5 Å². The molecule has 25 heavy (non-hydrogen) atoms. The first kappa shape index (κ1) is 16.1. The van der Waals surface area contributed by atoms with Gasteiger partial charge >= 0.3 is 5.71 Å². The molecule has 0 aromatic heterocycles. The van der Waals surface area contributed by atoms with Crippen molar-refractivity contribution < 1.29 is 9.58 Å². The standard InChI is InChI=1S/C22H14N2O/c23-24-21(19-12-5-2-6-13-19)22(25)20-14-8-7-11-18(20)16-15-17-9-3-1-4-10-17/h1-14H. The van der Waals surface area contributed by atoms with Crippen LogP contribution in [0.3, 0.4) is 0 Å². The summed E-state index contributed by atoms with van der Waals surface area (Å²) in [6.45, 7) is 0. The number of hydrogen-bond acceptors (Lipinski definition) is 1. The molecule has 0 radical (unpaired) electrons. The van der Waals surface area contributed by atoms with Crippen LogP contribution in [0, 0.1) is 11.8 Å². The van der Waals surface area contributed by atoms with Crippen LogP contribution in [0.1, 0.15) is 27.0 Å². The highest BCUT2D eigenvalue weighted by molar-refractivity contribution is 6.49. The molecule has 0 unspecified atom stereocenters. The fourth-order valence-corrected chi connectivity index (χ4v) is 2.41. The number of Topliss-reactive ketones (excluding diaryl/α,β-unsaturated/α-hetero) is 1. The van der Waals surface area contributed by atoms with Crippen molar-refractivity contribution in [2.45, 2.75) is 0 Å². The summed E-state index contributed by atoms with van der Waals surface area (Å²) in [4.78, 5) is 16.1. The Morgan fingerprint density at radius 1 is 0.760 bits per heavy atom. The van der Waals surface area contributed by atoms with Gasteiger partial charge in [0.25, 0.3) is 5.78 Å². The van der Waals surface area contributed by atoms with Crippen LogP contribution in [0.5, 0.6) is 0 Å². The summed E-state index contributed by atoms with van der Waals surface area (Å²) in [5, 5.41) is 0. The number of ketones is 1. The third-order valence-corrected chi connectivity index (χ3v) is 3.65. The zero-order valence-electron chi connectivity index (χ0n) is 13.4. The Hall–Kier alpha value is -3.73. The van der Waals surface area contributed by atoms with Gasteiger partial charge in [0.05, 0.1) is 5.56 Å². The van der Waals surface area contributed by atoms with Crippen LogP contribution in [0.4, 0.5) is 0 Å². The predicted octanol–water partition coefficient (Wildman–Crippen LogP) is 3.99. The molecule has 0 N–H and O–H groups in total. The summed E-state index contributed by atoms with van der Waals surface area (Å²) in [6, 6.07) is 25.5. The second-order valence-electron chi connectivity index (χ2n) is 5.31. The van der Waals surface area contributed by atoms with Crippen LogP contribution in [-0.2, 0) is 0 Å². The highest BCUT2D eigenvalue weighted by Crippen LogP contribution is 2.12. The molecule has 3 rings (SSSR count). The van der Waals surface area contributed by atoms with Gasteiger partial charge in [0.1, 0.15) is 0 Å². The van der Waals surface area contributed by atoms with Crippen molar-refractivity contribution >= 4 is 11.5 Å². The molecular formula is C22H14N2O. The molecule has 118 valence electrons. The monoisotopic (exact) mass is 322 g/mol. The predicted molar refractivity (Wildman–Crippen MR) is 97.4 cm³/mol. The highest BCUT2D eigenvalue weighted by Gasteiger charge is 2.25. The van der Waals surface area contributed by atoms with Gasteiger partial charge in [-0.15, -0.1) is 0 Å². The summed E-state index contributed by atoms with van der Waals surface area (Å²) in [6.07, 6.45) is 0. The van der Waals surface area contributed by atoms with E-state index in [2.05, 4.69) is 16.6 Å². The molecule has 3 heteroatoms. The van der Waals surface area contributed by atoms with E-state index < -0.39 is 0 Å². The minimum Gasteiger partial charge on any atom is -0.361 e. The second kappa shape index (κ2) is 7.70. The lowest BCUT2D eigenvalue weighted by atomic mass is 9.97. The van der Waals surface area contributed by atoms with Crippen LogP contribution >= 0.6 is 0 Å². The van der Waals surface area contributed by atoms with Crippen molar-refractivity contribution in [1.29, 1.82) is 0 Å². The molecule has 0 atom stereocenters. The first-order valence-electron chi connectivity index (χ1n) is 7.78. The van der Waals surface area contributed by atoms with Gasteiger partial charge in [-0.2, -0.15) is 4.79 Å². The molecule has 0 saturated heterocycles. The number of carbonyl (C=O) groups excluding carboxylic acids is 1. The smallest absolute Gasteiger partial charge is 0.361 e. The number of hydrogen-bond donors (Lipinski definition) is 0. The maximum absolute atomic E-state index is 12.8. The Kier molecular flexibility index (Phi) is 4.97. The third-order valence-electron chi connectivity index (χ3n) is 3.65. The Morgan fingerprint density at radius 2 is 1.36 bits per heavy atom. The fourth-order valence-electron chi connectivity index (χ4n) is 2.41. The maximum atomic E-state index is 12.8. The molecule has 0 amide bonds. The van der Waals surface area contributed by atoms with Gasteiger partial charge in [-0.05, 0) is 36.4 Å². The van der Waals surface area contributed by atoms with Gasteiger partial charge in [0.2, 0.25) is 0 Å². The Balaban J connectivity index is 2.00. The minimum absolute atomic E-state index is 0.00504. The molecule has 0 aliphatic rings. The third kappa shape index (κ3) is 3.79. The molecule has 3 aromatic rings. The van der Waals surface area contributed by atoms with Crippen molar-refractivity contribution in [2.75, 3.05) is 0 Å². The van der Waals surface area contributed by atoms with E-state index in [9.17, 15) is 10.3 Å². The van der Waals surface area contributed by atoms with Gasteiger partial charge in [0.15, 0.2) is 0 Å². The lowest BCUT2D eigenvalue weighted by Crippen LogP contribution is -2.18. The number of carbonyl (C=O) groups is 1. The number of nitrogens with zero attached hydrogens (tertiary/aromatic N) is 2. The average Bonchev–Trinajstić information content (AvgIpc) is 2.69. The molecule has 0 aliphatic heterocycles. The van der Waals surface area contributed by atoms with Crippen molar-refractivity contribution in [3.05, 3.63) is 113 Å². The second-order valence-corrected chi connectivity index (χ2v) is 5.31. The zero-order chi connectivity index (χ0) is 17.5. The quantitative estimate of drug-likeness (QED) is 0.236. The first-order chi connectivity index (χ1) is 12.3. The molecule has 0 aliphatic carbocycles. The fraction of sp³-hybridized carbons (Fsp3) is 0. The lowest BCUT2D eigenvalue weighted by molar-refractivity contribution is -0.00497. The van der Waals surface area contributed by atoms with E-state index in [1.54, 1.807) is 42.5 Å². The summed E-state index contributed by atoms with van der Waals surface area (Å²) in [7, 11) is 0. The summed E-state index contributed by atoms with van der Waals surface area (Å²) >= 11 is 0. The van der Waals surface area contributed by atoms with Gasteiger partial charge in [0, 0.05) is 16.7 Å². The lowest BCUT2D eigenvalue weighted by Gasteiger charge is -2.01. The average molecular weight is 322 g/mol. The Bertz CT molecular complexity index is 1010. The van der Waals surface area contributed by atoms with Gasteiger partial charge in [-0.25, -0.2) is 0 Å². The van der Waals surface area contributed by atoms with Crippen LogP contribution < -0.4 is 0 Å². The molecule has 3 aromatic carbocycles. The zero-order valence-corrected chi connectivity index (χ0v) is 13.4. The van der Waals surface area contributed by atoms with E-state index in [1.165, 1.54) is 0 Å². The van der Waals surface area contributed by atoms with Gasteiger partial charge in [-0.1, -0.05) is 60.4 Å². The topological polar surface area (TPSA) is 53.5 Å². The molecule has 0 saturated carbocycles. The van der Waals surface area contributed by atoms with Crippen molar-refractivity contribution in [3.63, 3.8) is 0 Å². The Morgan fingerprint density at radius 3 is 2.04 bits per heavy atom. The van der Waals surface area contributed by atoms with Crippen molar-refractivity contribution in [1.82, 2.24) is 0 Å². The van der Waals surface area contributed by atoms with Gasteiger partial charge < -0.3 is 5.53 Å². The largest absolute Gasteiger partial charge is 0.369 e. The van der Waals surface area contributed by atoms with Crippen LogP contribution in [-0.4, -0.2) is 16.3 Å². The molecule has 0 heterocycles. The van der Waals surface area contributed by atoms with Gasteiger partial charge in [-0.3, -0.25) is 4.79 Å². The molecule has 0 bridgehead atoms. The van der Waals surface area contributed by atoms with Crippen molar-refractivity contribution in [3.8, 4) is 11.8 Å². The summed E-state index contributed by atoms with van der Waals surface area (Å²) < 4.78 is 0. The summed E-state index contributed by atoms with van der Waals surface area (Å²) in [5.41, 5.74) is 11.8. The van der Waals surface area contributed by atoms with Crippen molar-refractivity contribution in [2.24, 2.45) is 0 Å². The van der Waals surface area contributed by atoms with E-state index in [4.69, 9.17) is 0 Å². The number of benzene rings is 3. The van der Waals surface area contributed by atoms with E-state index in [0.29, 0.717) is 16.7 Å². The van der Waals surface area contributed by atoms with Crippen LogP contribution in [0.25, 0.3) is 5.53 Å². The van der Waals surface area contributed by atoms with Crippen LogP contribution in [0.15, 0.2) is 84.9 Å². The molecular weight excluding hydrogens is 308 g/mol. The normalized spacial score (nSPS) is 9.44. The van der Waals surface area contributed by atoms with E-state index in [1.807, 2.05) is 42.5 Å².